The van der Waals surface area contributed by atoms with Crippen LogP contribution < -0.4 is 4.90 Å². The zero-order valence-corrected chi connectivity index (χ0v) is 26.6. The maximum absolute atomic E-state index is 6.40. The molecule has 2 nitrogen and oxygen atoms in total. The second-order valence-corrected chi connectivity index (χ2v) is 13.3. The van der Waals surface area contributed by atoms with Crippen LogP contribution in [0.3, 0.4) is 0 Å². The van der Waals surface area contributed by atoms with E-state index >= 15 is 0 Å². The van der Waals surface area contributed by atoms with Crippen LogP contribution in [0.25, 0.3) is 55.0 Å². The van der Waals surface area contributed by atoms with Crippen molar-refractivity contribution in [2.75, 3.05) is 4.90 Å². The van der Waals surface area contributed by atoms with Crippen LogP contribution in [0.4, 0.5) is 17.1 Å². The molecule has 0 bridgehead atoms. The van der Waals surface area contributed by atoms with Gasteiger partial charge in [0.2, 0.25) is 0 Å². The molecular weight excluding hydrogens is 595 g/mol. The average Bonchev–Trinajstić information content (AvgIpc) is 3.78. The van der Waals surface area contributed by atoms with Crippen molar-refractivity contribution in [2.24, 2.45) is 0 Å². The average molecular weight is 624 g/mol. The van der Waals surface area contributed by atoms with Crippen LogP contribution >= 0.6 is 0 Å². The molecule has 11 rings (SSSR count). The highest BCUT2D eigenvalue weighted by Crippen LogP contribution is 2.63. The molecule has 228 valence electrons. The van der Waals surface area contributed by atoms with Crippen molar-refractivity contribution >= 4 is 49.8 Å². The number of anilines is 3. The summed E-state index contributed by atoms with van der Waals surface area (Å²) in [6, 6.07) is 64.3. The van der Waals surface area contributed by atoms with Gasteiger partial charge in [-0.3, -0.25) is 0 Å². The lowest BCUT2D eigenvalue weighted by molar-refractivity contribution is 0.669. The fourth-order valence-electron chi connectivity index (χ4n) is 8.84. The molecule has 0 saturated carbocycles. The predicted molar refractivity (Wildman–Crippen MR) is 202 cm³/mol. The number of hydrogen-bond donors (Lipinski definition) is 0. The maximum atomic E-state index is 6.40. The minimum atomic E-state index is -0.355. The van der Waals surface area contributed by atoms with Crippen molar-refractivity contribution in [2.45, 2.75) is 5.41 Å². The van der Waals surface area contributed by atoms with E-state index in [2.05, 4.69) is 181 Å². The minimum absolute atomic E-state index is 0.355. The van der Waals surface area contributed by atoms with Gasteiger partial charge in [0.1, 0.15) is 11.2 Å². The van der Waals surface area contributed by atoms with Gasteiger partial charge in [-0.25, -0.2) is 0 Å². The Labute approximate surface area is 284 Å². The van der Waals surface area contributed by atoms with Gasteiger partial charge in [-0.05, 0) is 110 Å². The summed E-state index contributed by atoms with van der Waals surface area (Å²) in [4.78, 5) is 2.38. The number of rotatable bonds is 3. The SMILES string of the molecule is c1ccc(N(c2ccc3c(c2)-c2ccccc2C32c3ccccc3-c3ccccc32)c2ccc3oc4cc5ccccc5cc4c3c2)cc1. The summed E-state index contributed by atoms with van der Waals surface area (Å²) in [7, 11) is 0. The molecule has 49 heavy (non-hydrogen) atoms. The van der Waals surface area contributed by atoms with Gasteiger partial charge in [0.25, 0.3) is 0 Å². The minimum Gasteiger partial charge on any atom is -0.456 e. The molecule has 0 aliphatic heterocycles. The topological polar surface area (TPSA) is 16.4 Å². The first-order valence-corrected chi connectivity index (χ1v) is 16.9. The first-order chi connectivity index (χ1) is 24.3. The highest BCUT2D eigenvalue weighted by Gasteiger charge is 2.51. The lowest BCUT2D eigenvalue weighted by atomic mass is 9.70. The van der Waals surface area contributed by atoms with Crippen LogP contribution in [0, 0.1) is 0 Å². The summed E-state index contributed by atoms with van der Waals surface area (Å²) >= 11 is 0. The van der Waals surface area contributed by atoms with E-state index in [0.717, 1.165) is 39.0 Å². The Balaban J connectivity index is 1.15. The Kier molecular flexibility index (Phi) is 5.34. The van der Waals surface area contributed by atoms with E-state index < -0.39 is 0 Å². The van der Waals surface area contributed by atoms with Crippen LogP contribution in [-0.4, -0.2) is 0 Å². The summed E-state index contributed by atoms with van der Waals surface area (Å²) in [5.74, 6) is 0. The molecule has 0 atom stereocenters. The van der Waals surface area contributed by atoms with Gasteiger partial charge >= 0.3 is 0 Å². The number of hydrogen-bond acceptors (Lipinski definition) is 2. The molecule has 1 heterocycles. The van der Waals surface area contributed by atoms with Gasteiger partial charge in [-0.15, -0.1) is 0 Å². The van der Waals surface area contributed by atoms with Crippen molar-refractivity contribution in [3.63, 3.8) is 0 Å². The number of benzene rings is 8. The molecule has 2 heteroatoms. The van der Waals surface area contributed by atoms with Crippen LogP contribution in [-0.2, 0) is 5.41 Å². The molecule has 2 aliphatic rings. The molecule has 9 aromatic rings. The smallest absolute Gasteiger partial charge is 0.136 e. The van der Waals surface area contributed by atoms with Gasteiger partial charge in [0.05, 0.1) is 5.41 Å². The number of para-hydroxylation sites is 1. The Morgan fingerprint density at radius 3 is 1.55 bits per heavy atom. The van der Waals surface area contributed by atoms with E-state index in [1.807, 2.05) is 0 Å². The Hall–Kier alpha value is -6.38. The molecule has 8 aromatic carbocycles. The van der Waals surface area contributed by atoms with E-state index in [-0.39, 0.29) is 5.41 Å². The Bertz CT molecular complexity index is 2740. The number of nitrogens with zero attached hydrogens (tertiary/aromatic N) is 1. The largest absolute Gasteiger partial charge is 0.456 e. The van der Waals surface area contributed by atoms with E-state index in [0.29, 0.717) is 0 Å². The summed E-state index contributed by atoms with van der Waals surface area (Å²) in [6.45, 7) is 0. The van der Waals surface area contributed by atoms with Crippen LogP contribution in [0.5, 0.6) is 0 Å². The summed E-state index contributed by atoms with van der Waals surface area (Å²) in [5, 5.41) is 4.64. The second kappa shape index (κ2) is 9.82. The van der Waals surface area contributed by atoms with Gasteiger partial charge in [0, 0.05) is 27.8 Å². The third-order valence-electron chi connectivity index (χ3n) is 10.8. The molecule has 0 radical (unpaired) electrons. The van der Waals surface area contributed by atoms with E-state index in [9.17, 15) is 0 Å². The fraction of sp³-hybridized carbons (Fsp3) is 0.0213. The zero-order valence-electron chi connectivity index (χ0n) is 26.6. The third kappa shape index (κ3) is 3.55. The van der Waals surface area contributed by atoms with Crippen molar-refractivity contribution < 1.29 is 4.42 Å². The van der Waals surface area contributed by atoms with Crippen LogP contribution in [0.1, 0.15) is 22.3 Å². The van der Waals surface area contributed by atoms with Crippen LogP contribution in [0.15, 0.2) is 180 Å². The molecule has 1 aromatic heterocycles. The molecule has 1 spiro atoms. The summed E-state index contributed by atoms with van der Waals surface area (Å²) < 4.78 is 6.40. The Morgan fingerprint density at radius 2 is 0.857 bits per heavy atom. The lowest BCUT2D eigenvalue weighted by Crippen LogP contribution is -2.25. The zero-order chi connectivity index (χ0) is 32.1. The molecule has 0 unspecified atom stereocenters. The fourth-order valence-corrected chi connectivity index (χ4v) is 8.84. The molecule has 2 aliphatic carbocycles. The first-order valence-electron chi connectivity index (χ1n) is 16.9. The second-order valence-electron chi connectivity index (χ2n) is 13.3. The lowest BCUT2D eigenvalue weighted by Gasteiger charge is -2.31. The quantitative estimate of drug-likeness (QED) is 0.195. The molecular formula is C47H29NO. The highest BCUT2D eigenvalue weighted by atomic mass is 16.3. The third-order valence-corrected chi connectivity index (χ3v) is 10.8. The molecule has 0 amide bonds. The van der Waals surface area contributed by atoms with Crippen LogP contribution in [0.2, 0.25) is 0 Å². The molecule has 0 saturated heterocycles. The van der Waals surface area contributed by atoms with Crippen molar-refractivity contribution in [3.05, 3.63) is 198 Å². The standard InChI is InChI=1S/C47H29NO/c1-2-14-32(15-3-1)48(34-23-25-45-40(29-34)39-26-30-12-4-5-13-31(30)27-46(39)49-45)33-22-24-44-38(28-33)37-18-8-11-21-43(37)47(44)41-19-9-6-16-35(41)36-17-7-10-20-42(36)47/h1-29H. The number of fused-ring (bicyclic) bond motifs is 14. The number of furan rings is 1. The van der Waals surface area contributed by atoms with Crippen molar-refractivity contribution in [1.29, 1.82) is 0 Å². The van der Waals surface area contributed by atoms with E-state index in [4.69, 9.17) is 4.42 Å². The van der Waals surface area contributed by atoms with Gasteiger partial charge in [0.15, 0.2) is 0 Å². The predicted octanol–water partition coefficient (Wildman–Crippen LogP) is 12.6. The van der Waals surface area contributed by atoms with E-state index in [1.165, 1.54) is 55.3 Å². The van der Waals surface area contributed by atoms with Gasteiger partial charge < -0.3 is 9.32 Å². The molecule has 0 N–H and O–H groups in total. The first kappa shape index (κ1) is 26.7. The summed E-state index contributed by atoms with van der Waals surface area (Å²) in [5.41, 5.74) is 15.4. The maximum Gasteiger partial charge on any atom is 0.136 e. The van der Waals surface area contributed by atoms with Crippen molar-refractivity contribution in [1.82, 2.24) is 0 Å². The molecule has 0 fully saturated rings. The van der Waals surface area contributed by atoms with Gasteiger partial charge in [-0.1, -0.05) is 121 Å². The van der Waals surface area contributed by atoms with E-state index in [1.54, 1.807) is 0 Å². The normalized spacial score (nSPS) is 13.5. The van der Waals surface area contributed by atoms with Crippen molar-refractivity contribution in [3.8, 4) is 22.3 Å². The van der Waals surface area contributed by atoms with Gasteiger partial charge in [-0.2, -0.15) is 0 Å². The Morgan fingerprint density at radius 1 is 0.347 bits per heavy atom. The summed E-state index contributed by atoms with van der Waals surface area (Å²) in [6.07, 6.45) is 0. The monoisotopic (exact) mass is 623 g/mol. The highest BCUT2D eigenvalue weighted by molar-refractivity contribution is 6.11.